The van der Waals surface area contributed by atoms with E-state index in [1.165, 1.54) is 0 Å². The van der Waals surface area contributed by atoms with Crippen LogP contribution in [-0.4, -0.2) is 11.7 Å². The lowest BCUT2D eigenvalue weighted by atomic mass is 9.89. The molecule has 0 unspecified atom stereocenters. The highest BCUT2D eigenvalue weighted by atomic mass is 16.5. The van der Waals surface area contributed by atoms with Gasteiger partial charge in [0.05, 0.1) is 24.2 Å². The summed E-state index contributed by atoms with van der Waals surface area (Å²) >= 11 is 0. The zero-order valence-electron chi connectivity index (χ0n) is 12.0. The van der Waals surface area contributed by atoms with Crippen LogP contribution in [0, 0.1) is 16.7 Å². The minimum absolute atomic E-state index is 0.252. The van der Waals surface area contributed by atoms with E-state index in [1.54, 1.807) is 6.92 Å². The molecule has 0 aliphatic carbocycles. The van der Waals surface area contributed by atoms with Gasteiger partial charge in [0.15, 0.2) is 0 Å². The number of nitriles is 1. The number of aliphatic hydroxyl groups is 1. The Morgan fingerprint density at radius 3 is 2.63 bits per heavy atom. The summed E-state index contributed by atoms with van der Waals surface area (Å²) in [6.45, 7) is 6.26. The first-order valence-electron chi connectivity index (χ1n) is 6.77. The Morgan fingerprint density at radius 2 is 2.00 bits per heavy atom. The van der Waals surface area contributed by atoms with E-state index in [9.17, 15) is 5.11 Å². The van der Waals surface area contributed by atoms with Crippen molar-refractivity contribution in [3.8, 4) is 11.8 Å². The topological polar surface area (TPSA) is 53.2 Å². The van der Waals surface area contributed by atoms with E-state index in [2.05, 4.69) is 6.07 Å². The fourth-order valence-corrected chi connectivity index (χ4v) is 1.86. The molecule has 0 aromatic heterocycles. The van der Waals surface area contributed by atoms with Crippen molar-refractivity contribution in [3.63, 3.8) is 0 Å². The number of para-hydroxylation sites is 1. The molecule has 0 heterocycles. The third-order valence-electron chi connectivity index (χ3n) is 3.13. The monoisotopic (exact) mass is 261 g/mol. The quantitative estimate of drug-likeness (QED) is 0.759. The molecule has 0 saturated carbocycles. The largest absolute Gasteiger partial charge is 0.493 e. The Morgan fingerprint density at radius 1 is 1.32 bits per heavy atom. The lowest BCUT2D eigenvalue weighted by Crippen LogP contribution is -2.08. The van der Waals surface area contributed by atoms with Crippen LogP contribution in [-0.2, 0) is 0 Å². The first kappa shape index (κ1) is 15.5. The Balaban J connectivity index is 2.37. The van der Waals surface area contributed by atoms with Gasteiger partial charge in [0.2, 0.25) is 0 Å². The lowest BCUT2D eigenvalue weighted by Gasteiger charge is -2.15. The van der Waals surface area contributed by atoms with Crippen molar-refractivity contribution < 1.29 is 9.84 Å². The first-order valence-corrected chi connectivity index (χ1v) is 6.77. The molecule has 104 valence electrons. The zero-order valence-corrected chi connectivity index (χ0v) is 12.0. The maximum atomic E-state index is 9.63. The number of benzene rings is 1. The van der Waals surface area contributed by atoms with Gasteiger partial charge >= 0.3 is 0 Å². The van der Waals surface area contributed by atoms with Crippen LogP contribution >= 0.6 is 0 Å². The average Bonchev–Trinajstić information content (AvgIpc) is 2.38. The highest BCUT2D eigenvalue weighted by molar-refractivity contribution is 5.34. The van der Waals surface area contributed by atoms with Crippen LogP contribution in [0.25, 0.3) is 0 Å². The second-order valence-electron chi connectivity index (χ2n) is 5.52. The molecule has 0 bridgehead atoms. The SMILES string of the molecule is C[C@@H](O)c1ccccc1OCCCCC(C)(C)C#N. The van der Waals surface area contributed by atoms with Gasteiger partial charge in [-0.25, -0.2) is 0 Å². The number of rotatable bonds is 7. The Bertz CT molecular complexity index is 433. The molecular weight excluding hydrogens is 238 g/mol. The third kappa shape index (κ3) is 5.32. The molecular formula is C16H23NO2. The van der Waals surface area contributed by atoms with Gasteiger partial charge in [-0.15, -0.1) is 0 Å². The second kappa shape index (κ2) is 7.16. The summed E-state index contributed by atoms with van der Waals surface area (Å²) in [7, 11) is 0. The van der Waals surface area contributed by atoms with E-state index in [0.717, 1.165) is 30.6 Å². The molecule has 0 aliphatic heterocycles. The molecule has 0 saturated heterocycles. The Kier molecular flexibility index (Phi) is 5.85. The minimum Gasteiger partial charge on any atom is -0.493 e. The van der Waals surface area contributed by atoms with Crippen molar-refractivity contribution in [2.24, 2.45) is 5.41 Å². The Labute approximate surface area is 115 Å². The van der Waals surface area contributed by atoms with Gasteiger partial charge in [0.25, 0.3) is 0 Å². The zero-order chi connectivity index (χ0) is 14.3. The molecule has 0 radical (unpaired) electrons. The summed E-state index contributed by atoms with van der Waals surface area (Å²) < 4.78 is 5.70. The Hall–Kier alpha value is -1.53. The molecule has 0 amide bonds. The van der Waals surface area contributed by atoms with Crippen molar-refractivity contribution in [2.45, 2.75) is 46.1 Å². The molecule has 1 rings (SSSR count). The predicted molar refractivity (Wildman–Crippen MR) is 75.8 cm³/mol. The first-order chi connectivity index (χ1) is 8.96. The fraction of sp³-hybridized carbons (Fsp3) is 0.562. The maximum Gasteiger partial charge on any atom is 0.125 e. The summed E-state index contributed by atoms with van der Waals surface area (Å²) in [6.07, 6.45) is 2.25. The highest BCUT2D eigenvalue weighted by Gasteiger charge is 2.15. The van der Waals surface area contributed by atoms with Crippen LogP contribution in [0.15, 0.2) is 24.3 Å². The summed E-state index contributed by atoms with van der Waals surface area (Å²) in [5.74, 6) is 0.747. The molecule has 1 atom stereocenters. The van der Waals surface area contributed by atoms with E-state index in [-0.39, 0.29) is 5.41 Å². The van der Waals surface area contributed by atoms with Crippen LogP contribution in [0.5, 0.6) is 5.75 Å². The van der Waals surface area contributed by atoms with E-state index in [0.29, 0.717) is 6.61 Å². The summed E-state index contributed by atoms with van der Waals surface area (Å²) in [5.41, 5.74) is 0.567. The number of unbranched alkanes of at least 4 members (excludes halogenated alkanes) is 1. The van der Waals surface area contributed by atoms with Gasteiger partial charge in [-0.2, -0.15) is 5.26 Å². The molecule has 1 aromatic carbocycles. The van der Waals surface area contributed by atoms with Crippen molar-refractivity contribution in [1.82, 2.24) is 0 Å². The molecule has 3 heteroatoms. The van der Waals surface area contributed by atoms with Gasteiger partial charge in [0, 0.05) is 5.56 Å². The lowest BCUT2D eigenvalue weighted by molar-refractivity contribution is 0.190. The molecule has 0 aliphatic rings. The number of aliphatic hydroxyl groups excluding tert-OH is 1. The molecule has 1 aromatic rings. The summed E-state index contributed by atoms with van der Waals surface area (Å²) in [4.78, 5) is 0. The minimum atomic E-state index is -0.520. The van der Waals surface area contributed by atoms with Gasteiger partial charge in [-0.1, -0.05) is 18.2 Å². The number of nitrogens with zero attached hydrogens (tertiary/aromatic N) is 1. The number of hydrogen-bond acceptors (Lipinski definition) is 3. The van der Waals surface area contributed by atoms with Crippen LogP contribution in [0.1, 0.15) is 51.7 Å². The van der Waals surface area contributed by atoms with Crippen LogP contribution in [0.4, 0.5) is 0 Å². The van der Waals surface area contributed by atoms with E-state index < -0.39 is 6.10 Å². The van der Waals surface area contributed by atoms with Crippen molar-refractivity contribution >= 4 is 0 Å². The molecule has 1 N–H and O–H groups in total. The smallest absolute Gasteiger partial charge is 0.125 e. The standard InChI is InChI=1S/C16H23NO2/c1-13(18)14-8-4-5-9-15(14)19-11-7-6-10-16(2,3)12-17/h4-5,8-9,13,18H,6-7,10-11H2,1-3H3/t13-/m1/s1. The van der Waals surface area contributed by atoms with Crippen LogP contribution in [0.3, 0.4) is 0 Å². The van der Waals surface area contributed by atoms with Crippen molar-refractivity contribution in [3.05, 3.63) is 29.8 Å². The van der Waals surface area contributed by atoms with E-state index >= 15 is 0 Å². The van der Waals surface area contributed by atoms with Crippen LogP contribution < -0.4 is 4.74 Å². The number of hydrogen-bond donors (Lipinski definition) is 1. The molecule has 0 spiro atoms. The van der Waals surface area contributed by atoms with Gasteiger partial charge in [-0.3, -0.25) is 0 Å². The molecule has 19 heavy (non-hydrogen) atoms. The van der Waals surface area contributed by atoms with Crippen molar-refractivity contribution in [1.29, 1.82) is 5.26 Å². The summed E-state index contributed by atoms with van der Waals surface area (Å²) in [6, 6.07) is 9.85. The third-order valence-corrected chi connectivity index (χ3v) is 3.13. The second-order valence-corrected chi connectivity index (χ2v) is 5.52. The molecule has 3 nitrogen and oxygen atoms in total. The van der Waals surface area contributed by atoms with Crippen LogP contribution in [0.2, 0.25) is 0 Å². The normalized spacial score (nSPS) is 12.8. The van der Waals surface area contributed by atoms with E-state index in [1.807, 2.05) is 38.1 Å². The van der Waals surface area contributed by atoms with Crippen molar-refractivity contribution in [2.75, 3.05) is 6.61 Å². The van der Waals surface area contributed by atoms with E-state index in [4.69, 9.17) is 10.00 Å². The van der Waals surface area contributed by atoms with Gasteiger partial charge < -0.3 is 9.84 Å². The maximum absolute atomic E-state index is 9.63. The fourth-order valence-electron chi connectivity index (χ4n) is 1.86. The highest BCUT2D eigenvalue weighted by Crippen LogP contribution is 2.25. The summed E-state index contributed by atoms with van der Waals surface area (Å²) in [5, 5.41) is 18.5. The van der Waals surface area contributed by atoms with Gasteiger partial charge in [0.1, 0.15) is 5.75 Å². The number of ether oxygens (including phenoxy) is 1. The van der Waals surface area contributed by atoms with Gasteiger partial charge in [-0.05, 0) is 46.1 Å². The average molecular weight is 261 g/mol. The predicted octanol–water partition coefficient (Wildman–Crippen LogP) is 3.84. The molecule has 0 fully saturated rings.